The van der Waals surface area contributed by atoms with Gasteiger partial charge in [-0.3, -0.25) is 4.98 Å². The summed E-state index contributed by atoms with van der Waals surface area (Å²) in [5.74, 6) is 1.69. The molecular weight excluding hydrogens is 280 g/mol. The summed E-state index contributed by atoms with van der Waals surface area (Å²) in [6, 6.07) is 6.09. The van der Waals surface area contributed by atoms with Crippen LogP contribution in [0, 0.1) is 0 Å². The average Bonchev–Trinajstić information content (AvgIpc) is 2.96. The number of aromatic nitrogens is 3. The zero-order chi connectivity index (χ0) is 14.7. The first kappa shape index (κ1) is 13.9. The summed E-state index contributed by atoms with van der Waals surface area (Å²) in [6.45, 7) is 5.24. The van der Waals surface area contributed by atoms with Crippen molar-refractivity contribution in [2.75, 3.05) is 11.9 Å². The van der Waals surface area contributed by atoms with Crippen molar-refractivity contribution in [2.45, 2.75) is 26.7 Å². The van der Waals surface area contributed by atoms with Crippen molar-refractivity contribution in [3.05, 3.63) is 35.5 Å². The molecule has 0 fully saturated rings. The third kappa shape index (κ3) is 2.88. The van der Waals surface area contributed by atoms with Crippen molar-refractivity contribution < 1.29 is 0 Å². The van der Waals surface area contributed by atoms with Crippen LogP contribution in [0.15, 0.2) is 30.6 Å². The first-order valence-corrected chi connectivity index (χ1v) is 8.08. The Kier molecular flexibility index (Phi) is 4.10. The van der Waals surface area contributed by atoms with Crippen molar-refractivity contribution in [1.82, 2.24) is 15.0 Å². The lowest BCUT2D eigenvalue weighted by Gasteiger charge is -2.07. The van der Waals surface area contributed by atoms with Crippen LogP contribution in [-0.2, 0) is 6.42 Å². The molecule has 3 rings (SSSR count). The van der Waals surface area contributed by atoms with E-state index in [2.05, 4.69) is 30.2 Å². The number of thiophene rings is 1. The fourth-order valence-electron chi connectivity index (χ4n) is 2.15. The summed E-state index contributed by atoms with van der Waals surface area (Å²) in [7, 11) is 0. The van der Waals surface area contributed by atoms with E-state index in [1.165, 1.54) is 4.88 Å². The van der Waals surface area contributed by atoms with Crippen LogP contribution in [0.3, 0.4) is 0 Å². The minimum Gasteiger partial charge on any atom is -0.369 e. The zero-order valence-electron chi connectivity index (χ0n) is 12.3. The van der Waals surface area contributed by atoms with Crippen LogP contribution < -0.4 is 5.32 Å². The van der Waals surface area contributed by atoms with E-state index < -0.39 is 0 Å². The molecule has 21 heavy (non-hydrogen) atoms. The molecule has 0 saturated carbocycles. The first-order valence-electron chi connectivity index (χ1n) is 7.26. The third-order valence-corrected chi connectivity index (χ3v) is 4.45. The number of aryl methyl sites for hydroxylation is 1. The highest BCUT2D eigenvalue weighted by Gasteiger charge is 2.12. The molecule has 0 atom stereocenters. The maximum atomic E-state index is 4.72. The molecule has 0 amide bonds. The second-order valence-corrected chi connectivity index (χ2v) is 5.96. The predicted octanol–water partition coefficient (Wildman–Crippen LogP) is 4.14. The highest BCUT2D eigenvalue weighted by atomic mass is 32.1. The van der Waals surface area contributed by atoms with Gasteiger partial charge in [0.05, 0.1) is 5.39 Å². The van der Waals surface area contributed by atoms with Crippen molar-refractivity contribution >= 4 is 27.4 Å². The number of nitrogens with zero attached hydrogens (tertiary/aromatic N) is 3. The van der Waals surface area contributed by atoms with E-state index in [1.54, 1.807) is 23.7 Å². The largest absolute Gasteiger partial charge is 0.369 e. The second-order valence-electron chi connectivity index (χ2n) is 4.84. The Morgan fingerprint density at radius 3 is 2.67 bits per heavy atom. The quantitative estimate of drug-likeness (QED) is 0.769. The summed E-state index contributed by atoms with van der Waals surface area (Å²) in [4.78, 5) is 15.9. The minimum absolute atomic E-state index is 0.757. The van der Waals surface area contributed by atoms with Gasteiger partial charge in [-0.1, -0.05) is 13.8 Å². The van der Waals surface area contributed by atoms with Crippen molar-refractivity contribution in [3.8, 4) is 11.4 Å². The molecule has 0 bridgehead atoms. The van der Waals surface area contributed by atoms with Crippen LogP contribution in [0.25, 0.3) is 21.6 Å². The molecule has 0 aliphatic carbocycles. The molecule has 0 unspecified atom stereocenters. The molecule has 0 saturated heterocycles. The van der Waals surface area contributed by atoms with Crippen LogP contribution in [0.5, 0.6) is 0 Å². The van der Waals surface area contributed by atoms with E-state index in [-0.39, 0.29) is 0 Å². The molecule has 1 N–H and O–H groups in total. The van der Waals surface area contributed by atoms with Crippen LogP contribution in [-0.4, -0.2) is 21.5 Å². The van der Waals surface area contributed by atoms with Crippen LogP contribution in [0.2, 0.25) is 0 Å². The number of hydrogen-bond acceptors (Lipinski definition) is 5. The highest BCUT2D eigenvalue weighted by molar-refractivity contribution is 7.18. The third-order valence-electron chi connectivity index (χ3n) is 3.27. The van der Waals surface area contributed by atoms with Gasteiger partial charge in [-0.25, -0.2) is 9.97 Å². The fraction of sp³-hybridized carbons (Fsp3) is 0.312. The molecule has 3 heterocycles. The van der Waals surface area contributed by atoms with Crippen molar-refractivity contribution in [1.29, 1.82) is 0 Å². The number of hydrogen-bond donors (Lipinski definition) is 1. The van der Waals surface area contributed by atoms with Crippen molar-refractivity contribution in [3.63, 3.8) is 0 Å². The fourth-order valence-corrected chi connectivity index (χ4v) is 3.12. The SMILES string of the molecule is CCCNc1nc(-c2ccncc2)nc2sc(CC)cc12. The second kappa shape index (κ2) is 6.18. The smallest absolute Gasteiger partial charge is 0.163 e. The van der Waals surface area contributed by atoms with Gasteiger partial charge < -0.3 is 5.32 Å². The first-order chi connectivity index (χ1) is 10.3. The Morgan fingerprint density at radius 2 is 1.95 bits per heavy atom. The summed E-state index contributed by atoms with van der Waals surface area (Å²) in [5.41, 5.74) is 0.998. The van der Waals surface area contributed by atoms with Gasteiger partial charge >= 0.3 is 0 Å². The van der Waals surface area contributed by atoms with Crippen LogP contribution >= 0.6 is 11.3 Å². The van der Waals surface area contributed by atoms with E-state index in [0.29, 0.717) is 0 Å². The number of fused-ring (bicyclic) bond motifs is 1. The maximum absolute atomic E-state index is 4.72. The lowest BCUT2D eigenvalue weighted by atomic mass is 10.2. The number of anilines is 1. The number of nitrogens with one attached hydrogen (secondary N) is 1. The Labute approximate surface area is 128 Å². The lowest BCUT2D eigenvalue weighted by Crippen LogP contribution is -2.04. The number of rotatable bonds is 5. The van der Waals surface area contributed by atoms with Gasteiger partial charge in [-0.05, 0) is 31.0 Å². The molecule has 0 radical (unpaired) electrons. The molecule has 0 spiro atoms. The Balaban J connectivity index is 2.13. The van der Waals surface area contributed by atoms with E-state index in [4.69, 9.17) is 9.97 Å². The molecule has 0 aromatic carbocycles. The molecule has 5 heteroatoms. The van der Waals surface area contributed by atoms with Gasteiger partial charge in [-0.2, -0.15) is 0 Å². The van der Waals surface area contributed by atoms with Gasteiger partial charge in [0.15, 0.2) is 5.82 Å². The Morgan fingerprint density at radius 1 is 1.14 bits per heavy atom. The molecule has 0 aliphatic heterocycles. The van der Waals surface area contributed by atoms with E-state index in [1.807, 2.05) is 12.1 Å². The lowest BCUT2D eigenvalue weighted by molar-refractivity contribution is 0.970. The highest BCUT2D eigenvalue weighted by Crippen LogP contribution is 2.31. The predicted molar refractivity (Wildman–Crippen MR) is 88.8 cm³/mol. The van der Waals surface area contributed by atoms with Crippen LogP contribution in [0.4, 0.5) is 5.82 Å². The van der Waals surface area contributed by atoms with E-state index in [9.17, 15) is 0 Å². The maximum Gasteiger partial charge on any atom is 0.163 e. The molecular formula is C16H18N4S. The molecule has 108 valence electrons. The summed E-state index contributed by atoms with van der Waals surface area (Å²) in [5, 5.41) is 4.55. The van der Waals surface area contributed by atoms with Gasteiger partial charge in [0, 0.05) is 29.4 Å². The topological polar surface area (TPSA) is 50.7 Å². The molecule has 3 aromatic rings. The normalized spacial score (nSPS) is 11.0. The van der Waals surface area contributed by atoms with Gasteiger partial charge in [0.25, 0.3) is 0 Å². The van der Waals surface area contributed by atoms with Gasteiger partial charge in [0.2, 0.25) is 0 Å². The minimum atomic E-state index is 0.757. The summed E-state index contributed by atoms with van der Waals surface area (Å²) >= 11 is 1.75. The zero-order valence-corrected chi connectivity index (χ0v) is 13.1. The Bertz CT molecular complexity index is 737. The number of pyridine rings is 1. The monoisotopic (exact) mass is 298 g/mol. The molecule has 4 nitrogen and oxygen atoms in total. The molecule has 3 aromatic heterocycles. The Hall–Kier alpha value is -2.01. The molecule has 0 aliphatic rings. The van der Waals surface area contributed by atoms with E-state index in [0.717, 1.165) is 46.8 Å². The van der Waals surface area contributed by atoms with Crippen molar-refractivity contribution in [2.24, 2.45) is 0 Å². The standard InChI is InChI=1S/C16H18N4S/c1-3-7-18-15-13-10-12(4-2)21-16(13)20-14(19-15)11-5-8-17-9-6-11/h5-6,8-10H,3-4,7H2,1-2H3,(H,18,19,20). The van der Waals surface area contributed by atoms with Gasteiger partial charge in [-0.15, -0.1) is 11.3 Å². The van der Waals surface area contributed by atoms with E-state index >= 15 is 0 Å². The summed E-state index contributed by atoms with van der Waals surface area (Å²) < 4.78 is 0. The average molecular weight is 298 g/mol. The van der Waals surface area contributed by atoms with Crippen LogP contribution in [0.1, 0.15) is 25.1 Å². The van der Waals surface area contributed by atoms with Gasteiger partial charge in [0.1, 0.15) is 10.6 Å². The summed E-state index contributed by atoms with van der Waals surface area (Å²) in [6.07, 6.45) is 5.64.